The van der Waals surface area contributed by atoms with Gasteiger partial charge in [0.25, 0.3) is 11.4 Å². The van der Waals surface area contributed by atoms with Crippen LogP contribution in [0.25, 0.3) is 0 Å². The first-order valence-electron chi connectivity index (χ1n) is 6.82. The van der Waals surface area contributed by atoms with Crippen LogP contribution < -0.4 is 4.74 Å². The van der Waals surface area contributed by atoms with Gasteiger partial charge in [0.15, 0.2) is 0 Å². The quantitative estimate of drug-likeness (QED) is 0.654. The standard InChI is InChI=1S/C8H8O.C6H3N3O7/c1-2-4-8-7(3-1)5-6-9-8;10-6-4(8(13)14)1-3(7(11)12)2-5(6)9(15)16/h1-4H,5-6H2;1-2,10H. The summed E-state index contributed by atoms with van der Waals surface area (Å²) in [7, 11) is 0. The fraction of sp³-hybridized carbons (Fsp3) is 0.143. The lowest BCUT2D eigenvalue weighted by atomic mass is 10.2. The third-order valence-electron chi connectivity index (χ3n) is 3.26. The van der Waals surface area contributed by atoms with Gasteiger partial charge in [-0.3, -0.25) is 30.3 Å². The first-order chi connectivity index (χ1) is 11.8. The Balaban J connectivity index is 0.000000208. The fourth-order valence-electron chi connectivity index (χ4n) is 2.10. The van der Waals surface area contributed by atoms with Crippen molar-refractivity contribution in [2.24, 2.45) is 0 Å². The molecule has 0 spiro atoms. The molecule has 2 aromatic carbocycles. The highest BCUT2D eigenvalue weighted by Gasteiger charge is 2.30. The number of hydrogen-bond donors (Lipinski definition) is 1. The van der Waals surface area contributed by atoms with Crippen LogP contribution in [0.3, 0.4) is 0 Å². The van der Waals surface area contributed by atoms with E-state index in [1.807, 2.05) is 18.2 Å². The van der Waals surface area contributed by atoms with Crippen LogP contribution in [-0.4, -0.2) is 26.5 Å². The molecule has 1 heterocycles. The van der Waals surface area contributed by atoms with Gasteiger partial charge in [0.05, 0.1) is 33.5 Å². The summed E-state index contributed by atoms with van der Waals surface area (Å²) >= 11 is 0. The number of rotatable bonds is 3. The maximum absolute atomic E-state index is 10.4. The summed E-state index contributed by atoms with van der Waals surface area (Å²) in [4.78, 5) is 27.8. The van der Waals surface area contributed by atoms with Crippen LogP contribution in [0.2, 0.25) is 0 Å². The Labute approximate surface area is 139 Å². The van der Waals surface area contributed by atoms with E-state index in [4.69, 9.17) is 9.84 Å². The predicted molar refractivity (Wildman–Crippen MR) is 83.7 cm³/mol. The minimum Gasteiger partial charge on any atom is -0.497 e. The van der Waals surface area contributed by atoms with Crippen LogP contribution in [0.4, 0.5) is 17.1 Å². The fourth-order valence-corrected chi connectivity index (χ4v) is 2.10. The number of aromatic hydroxyl groups is 1. The summed E-state index contributed by atoms with van der Waals surface area (Å²) < 4.78 is 5.30. The molecular weight excluding hydrogens is 338 g/mol. The second kappa shape index (κ2) is 7.21. The minimum atomic E-state index is -1.21. The zero-order valence-electron chi connectivity index (χ0n) is 12.5. The Morgan fingerprint density at radius 3 is 1.96 bits per heavy atom. The first kappa shape index (κ1) is 17.6. The van der Waals surface area contributed by atoms with E-state index < -0.39 is 37.6 Å². The Kier molecular flexibility index (Phi) is 5.07. The molecule has 2 aromatic rings. The number of benzene rings is 2. The molecule has 0 fully saturated rings. The molecule has 1 aliphatic rings. The van der Waals surface area contributed by atoms with Gasteiger partial charge >= 0.3 is 11.4 Å². The second-order valence-electron chi connectivity index (χ2n) is 4.81. The highest BCUT2D eigenvalue weighted by atomic mass is 16.6. The normalized spacial score (nSPS) is 11.5. The summed E-state index contributed by atoms with van der Waals surface area (Å²) in [6, 6.07) is 9.08. The molecule has 0 saturated carbocycles. The number of phenolic OH excluding ortho intramolecular Hbond substituents is 1. The van der Waals surface area contributed by atoms with Crippen molar-refractivity contribution in [3.8, 4) is 11.5 Å². The molecule has 0 bridgehead atoms. The molecule has 0 aliphatic carbocycles. The van der Waals surface area contributed by atoms with Gasteiger partial charge in [0, 0.05) is 6.42 Å². The first-order valence-corrected chi connectivity index (χ1v) is 6.82. The van der Waals surface area contributed by atoms with Gasteiger partial charge in [0.2, 0.25) is 0 Å². The van der Waals surface area contributed by atoms with Crippen molar-refractivity contribution in [1.29, 1.82) is 0 Å². The highest BCUT2D eigenvalue weighted by molar-refractivity contribution is 5.64. The molecule has 0 amide bonds. The molecule has 1 aliphatic heterocycles. The number of para-hydroxylation sites is 1. The van der Waals surface area contributed by atoms with Crippen molar-refractivity contribution < 1.29 is 24.6 Å². The zero-order chi connectivity index (χ0) is 18.6. The van der Waals surface area contributed by atoms with Crippen LogP contribution in [0.5, 0.6) is 11.5 Å². The SMILES string of the molecule is O=[N+]([O-])c1cc([N+](=O)[O-])c(O)c([N+](=O)[O-])c1.c1ccc2c(c1)CCO2. The van der Waals surface area contributed by atoms with Gasteiger partial charge in [0.1, 0.15) is 5.75 Å². The maximum atomic E-state index is 10.4. The predicted octanol–water partition coefficient (Wildman–Crippen LogP) is 2.74. The van der Waals surface area contributed by atoms with Gasteiger partial charge in [-0.2, -0.15) is 0 Å². The number of ether oxygens (including phenoxy) is 1. The second-order valence-corrected chi connectivity index (χ2v) is 4.81. The number of nitrogens with zero attached hydrogens (tertiary/aromatic N) is 3. The number of hydrogen-bond acceptors (Lipinski definition) is 8. The van der Waals surface area contributed by atoms with Crippen LogP contribution in [0.15, 0.2) is 36.4 Å². The van der Waals surface area contributed by atoms with E-state index >= 15 is 0 Å². The van der Waals surface area contributed by atoms with Crippen LogP contribution in [0.1, 0.15) is 5.56 Å². The van der Waals surface area contributed by atoms with E-state index in [9.17, 15) is 30.3 Å². The summed E-state index contributed by atoms with van der Waals surface area (Å²) in [6.45, 7) is 0.860. The Morgan fingerprint density at radius 1 is 0.920 bits per heavy atom. The van der Waals surface area contributed by atoms with Crippen molar-refractivity contribution >= 4 is 17.1 Å². The van der Waals surface area contributed by atoms with Crippen molar-refractivity contribution in [1.82, 2.24) is 0 Å². The van der Waals surface area contributed by atoms with Crippen LogP contribution in [-0.2, 0) is 6.42 Å². The van der Waals surface area contributed by atoms with E-state index in [-0.39, 0.29) is 0 Å². The van der Waals surface area contributed by atoms with Crippen molar-refractivity contribution in [2.75, 3.05) is 6.61 Å². The minimum absolute atomic E-state index is 0.447. The number of fused-ring (bicyclic) bond motifs is 1. The Hall–Kier alpha value is -3.76. The lowest BCUT2D eigenvalue weighted by Gasteiger charge is -1.97. The molecule has 0 saturated heterocycles. The van der Waals surface area contributed by atoms with E-state index in [1.165, 1.54) is 5.56 Å². The van der Waals surface area contributed by atoms with Crippen molar-refractivity contribution in [3.63, 3.8) is 0 Å². The van der Waals surface area contributed by atoms with E-state index in [0.717, 1.165) is 18.8 Å². The van der Waals surface area contributed by atoms with Gasteiger partial charge in [-0.05, 0) is 11.6 Å². The molecule has 11 heteroatoms. The number of nitro benzene ring substituents is 3. The number of phenols is 1. The van der Waals surface area contributed by atoms with Gasteiger partial charge in [-0.25, -0.2) is 0 Å². The molecule has 0 unspecified atom stereocenters. The number of non-ortho nitro benzene ring substituents is 1. The molecule has 130 valence electrons. The Bertz CT molecular complexity index is 794. The summed E-state index contributed by atoms with van der Waals surface area (Å²) in [5.74, 6) is -0.141. The summed E-state index contributed by atoms with van der Waals surface area (Å²) in [6.07, 6.45) is 1.08. The third-order valence-corrected chi connectivity index (χ3v) is 3.26. The van der Waals surface area contributed by atoms with Gasteiger partial charge < -0.3 is 9.84 Å². The topological polar surface area (TPSA) is 159 Å². The van der Waals surface area contributed by atoms with Crippen LogP contribution >= 0.6 is 0 Å². The van der Waals surface area contributed by atoms with E-state index in [1.54, 1.807) is 0 Å². The zero-order valence-corrected chi connectivity index (χ0v) is 12.5. The van der Waals surface area contributed by atoms with Crippen LogP contribution in [0, 0.1) is 30.3 Å². The Morgan fingerprint density at radius 2 is 1.48 bits per heavy atom. The summed E-state index contributed by atoms with van der Waals surface area (Å²) in [5, 5.41) is 40.2. The molecule has 0 radical (unpaired) electrons. The average Bonchev–Trinajstić information content (AvgIpc) is 3.03. The molecule has 1 N–H and O–H groups in total. The summed E-state index contributed by atoms with van der Waals surface area (Å²) in [5.41, 5.74) is -1.66. The lowest BCUT2D eigenvalue weighted by Crippen LogP contribution is -1.97. The third kappa shape index (κ3) is 3.96. The van der Waals surface area contributed by atoms with E-state index in [2.05, 4.69) is 6.07 Å². The average molecular weight is 349 g/mol. The monoisotopic (exact) mass is 349 g/mol. The van der Waals surface area contributed by atoms with E-state index in [0.29, 0.717) is 12.1 Å². The number of nitro groups is 3. The smallest absolute Gasteiger partial charge is 0.324 e. The van der Waals surface area contributed by atoms with Gasteiger partial charge in [-0.15, -0.1) is 0 Å². The highest BCUT2D eigenvalue weighted by Crippen LogP contribution is 2.38. The molecule has 25 heavy (non-hydrogen) atoms. The molecule has 3 rings (SSSR count). The molecular formula is C14H11N3O8. The largest absolute Gasteiger partial charge is 0.497 e. The van der Waals surface area contributed by atoms with Crippen molar-refractivity contribution in [2.45, 2.75) is 6.42 Å². The maximum Gasteiger partial charge on any atom is 0.324 e. The molecule has 0 atom stereocenters. The van der Waals surface area contributed by atoms with Gasteiger partial charge in [-0.1, -0.05) is 18.2 Å². The van der Waals surface area contributed by atoms with Crippen molar-refractivity contribution in [3.05, 3.63) is 72.3 Å². The molecule has 0 aromatic heterocycles. The lowest BCUT2D eigenvalue weighted by molar-refractivity contribution is -0.404. The molecule has 11 nitrogen and oxygen atoms in total.